The summed E-state index contributed by atoms with van der Waals surface area (Å²) in [4.78, 5) is 16.2. The molecule has 0 spiro atoms. The van der Waals surface area contributed by atoms with Crippen LogP contribution >= 0.6 is 0 Å². The van der Waals surface area contributed by atoms with E-state index >= 15 is 0 Å². The van der Waals surface area contributed by atoms with Crippen LogP contribution < -0.4 is 4.72 Å². The summed E-state index contributed by atoms with van der Waals surface area (Å²) in [5.74, 6) is -0.244. The molecule has 0 aliphatic rings. The summed E-state index contributed by atoms with van der Waals surface area (Å²) in [6, 6.07) is 12.3. The molecule has 1 N–H and O–H groups in total. The van der Waals surface area contributed by atoms with E-state index in [2.05, 4.69) is 14.9 Å². The van der Waals surface area contributed by atoms with Gasteiger partial charge in [0.1, 0.15) is 6.54 Å². The van der Waals surface area contributed by atoms with Crippen molar-refractivity contribution < 1.29 is 22.5 Å². The SMILES string of the molecule is Cc1ccc(S(=O)(=O)NCC(=O)OCc2nc(-c3ccccc3C)no2)cc1C. The van der Waals surface area contributed by atoms with E-state index in [0.29, 0.717) is 5.82 Å². The Labute approximate surface area is 169 Å². The van der Waals surface area contributed by atoms with Gasteiger partial charge in [0, 0.05) is 5.56 Å². The minimum Gasteiger partial charge on any atom is -0.455 e. The van der Waals surface area contributed by atoms with Crippen LogP contribution in [0.4, 0.5) is 0 Å². The van der Waals surface area contributed by atoms with Gasteiger partial charge in [-0.15, -0.1) is 0 Å². The molecule has 0 aliphatic carbocycles. The summed E-state index contributed by atoms with van der Waals surface area (Å²) in [5.41, 5.74) is 3.62. The number of hydrogen-bond donors (Lipinski definition) is 1. The lowest BCUT2D eigenvalue weighted by Gasteiger charge is -2.08. The summed E-state index contributed by atoms with van der Waals surface area (Å²) in [7, 11) is -3.82. The maximum absolute atomic E-state index is 12.3. The van der Waals surface area contributed by atoms with Crippen LogP contribution in [0.15, 0.2) is 51.9 Å². The Bertz CT molecular complexity index is 1140. The zero-order chi connectivity index (χ0) is 21.0. The van der Waals surface area contributed by atoms with Gasteiger partial charge in [0.2, 0.25) is 15.8 Å². The molecule has 0 aliphatic heterocycles. The van der Waals surface area contributed by atoms with Gasteiger partial charge in [0.05, 0.1) is 4.90 Å². The van der Waals surface area contributed by atoms with Crippen molar-refractivity contribution in [3.8, 4) is 11.4 Å². The lowest BCUT2D eigenvalue weighted by atomic mass is 10.1. The lowest BCUT2D eigenvalue weighted by Crippen LogP contribution is -2.30. The van der Waals surface area contributed by atoms with E-state index in [0.717, 1.165) is 22.3 Å². The summed E-state index contributed by atoms with van der Waals surface area (Å²) in [6.45, 7) is 4.88. The van der Waals surface area contributed by atoms with E-state index < -0.39 is 22.5 Å². The zero-order valence-electron chi connectivity index (χ0n) is 16.3. The minimum absolute atomic E-state index is 0.0909. The van der Waals surface area contributed by atoms with Gasteiger partial charge in [-0.05, 0) is 49.6 Å². The molecule has 3 aromatic rings. The first-order valence-corrected chi connectivity index (χ1v) is 10.4. The molecule has 2 aromatic carbocycles. The van der Waals surface area contributed by atoms with E-state index in [9.17, 15) is 13.2 Å². The molecule has 0 saturated carbocycles. The van der Waals surface area contributed by atoms with Gasteiger partial charge in [-0.3, -0.25) is 4.79 Å². The van der Waals surface area contributed by atoms with Crippen molar-refractivity contribution >= 4 is 16.0 Å². The van der Waals surface area contributed by atoms with Crippen LogP contribution in [0.1, 0.15) is 22.6 Å². The highest BCUT2D eigenvalue weighted by Crippen LogP contribution is 2.20. The second-order valence-corrected chi connectivity index (χ2v) is 8.32. The number of ether oxygens (including phenoxy) is 1. The Morgan fingerprint density at radius 3 is 2.55 bits per heavy atom. The number of nitrogens with zero attached hydrogens (tertiary/aromatic N) is 2. The van der Waals surface area contributed by atoms with Gasteiger partial charge in [-0.25, -0.2) is 8.42 Å². The second kappa shape index (κ2) is 8.54. The highest BCUT2D eigenvalue weighted by Gasteiger charge is 2.18. The molecule has 1 aromatic heterocycles. The van der Waals surface area contributed by atoms with Crippen LogP contribution in [0.5, 0.6) is 0 Å². The van der Waals surface area contributed by atoms with E-state index in [1.165, 1.54) is 6.07 Å². The topological polar surface area (TPSA) is 111 Å². The van der Waals surface area contributed by atoms with Crippen LogP contribution in [0, 0.1) is 20.8 Å². The molecule has 0 unspecified atom stereocenters. The highest BCUT2D eigenvalue weighted by molar-refractivity contribution is 7.89. The number of rotatable bonds is 7. The first-order valence-electron chi connectivity index (χ1n) is 8.87. The highest BCUT2D eigenvalue weighted by atomic mass is 32.2. The number of sulfonamides is 1. The second-order valence-electron chi connectivity index (χ2n) is 6.56. The first kappa shape index (κ1) is 20.7. The fraction of sp³-hybridized carbons (Fsp3) is 0.250. The Morgan fingerprint density at radius 2 is 1.83 bits per heavy atom. The van der Waals surface area contributed by atoms with Gasteiger partial charge in [0.15, 0.2) is 6.61 Å². The van der Waals surface area contributed by atoms with Gasteiger partial charge in [-0.1, -0.05) is 35.5 Å². The number of nitrogens with one attached hydrogen (secondary N) is 1. The predicted molar refractivity (Wildman–Crippen MR) is 105 cm³/mol. The number of hydrogen-bond acceptors (Lipinski definition) is 7. The maximum atomic E-state index is 12.3. The van der Waals surface area contributed by atoms with E-state index in [1.807, 2.05) is 45.0 Å². The van der Waals surface area contributed by atoms with Crippen LogP contribution in [0.25, 0.3) is 11.4 Å². The van der Waals surface area contributed by atoms with Crippen molar-refractivity contribution in [3.63, 3.8) is 0 Å². The van der Waals surface area contributed by atoms with Crippen LogP contribution in [0.2, 0.25) is 0 Å². The molecule has 0 amide bonds. The molecular weight excluding hydrogens is 394 g/mol. The zero-order valence-corrected chi connectivity index (χ0v) is 17.1. The Kier molecular flexibility index (Phi) is 6.09. The van der Waals surface area contributed by atoms with Crippen molar-refractivity contribution in [1.29, 1.82) is 0 Å². The standard InChI is InChI=1S/C20H21N3O5S/c1-13-8-9-16(10-15(13)3)29(25,26)21-11-19(24)27-12-18-22-20(23-28-18)17-7-5-4-6-14(17)2/h4-10,21H,11-12H2,1-3H3. The largest absolute Gasteiger partial charge is 0.455 e. The van der Waals surface area contributed by atoms with Crippen LogP contribution in [0.3, 0.4) is 0 Å². The molecule has 0 radical (unpaired) electrons. The molecule has 3 rings (SSSR count). The Balaban J connectivity index is 1.55. The van der Waals surface area contributed by atoms with E-state index in [1.54, 1.807) is 12.1 Å². The van der Waals surface area contributed by atoms with Crippen LogP contribution in [-0.2, 0) is 26.2 Å². The van der Waals surface area contributed by atoms with Gasteiger partial charge in [-0.2, -0.15) is 9.71 Å². The quantitative estimate of drug-likeness (QED) is 0.591. The fourth-order valence-electron chi connectivity index (χ4n) is 2.56. The predicted octanol–water partition coefficient (Wildman–Crippen LogP) is 2.68. The number of aryl methyl sites for hydroxylation is 3. The Hall–Kier alpha value is -3.04. The summed E-state index contributed by atoms with van der Waals surface area (Å²) in [5, 5.41) is 3.88. The fourth-order valence-corrected chi connectivity index (χ4v) is 3.61. The molecular formula is C20H21N3O5S. The van der Waals surface area contributed by atoms with E-state index in [4.69, 9.17) is 9.26 Å². The first-order chi connectivity index (χ1) is 13.8. The van der Waals surface area contributed by atoms with Crippen LogP contribution in [-0.4, -0.2) is 31.1 Å². The number of esters is 1. The van der Waals surface area contributed by atoms with Crippen molar-refractivity contribution in [2.45, 2.75) is 32.3 Å². The van der Waals surface area contributed by atoms with E-state index in [-0.39, 0.29) is 17.4 Å². The van der Waals surface area contributed by atoms with Crippen molar-refractivity contribution in [1.82, 2.24) is 14.9 Å². The average molecular weight is 415 g/mol. The van der Waals surface area contributed by atoms with Gasteiger partial charge in [0.25, 0.3) is 5.89 Å². The van der Waals surface area contributed by atoms with Gasteiger partial charge < -0.3 is 9.26 Å². The Morgan fingerprint density at radius 1 is 1.07 bits per heavy atom. The molecule has 0 atom stereocenters. The molecule has 0 fully saturated rings. The molecule has 29 heavy (non-hydrogen) atoms. The number of carbonyl (C=O) groups excluding carboxylic acids is 1. The molecule has 1 heterocycles. The monoisotopic (exact) mass is 415 g/mol. The van der Waals surface area contributed by atoms with Crippen molar-refractivity contribution in [2.24, 2.45) is 0 Å². The third-order valence-electron chi connectivity index (χ3n) is 4.41. The van der Waals surface area contributed by atoms with Crippen molar-refractivity contribution in [2.75, 3.05) is 6.54 Å². The molecule has 0 saturated heterocycles. The molecule has 0 bridgehead atoms. The summed E-state index contributed by atoms with van der Waals surface area (Å²) >= 11 is 0. The lowest BCUT2D eigenvalue weighted by molar-refractivity contribution is -0.144. The average Bonchev–Trinajstić information content (AvgIpc) is 3.16. The number of benzene rings is 2. The van der Waals surface area contributed by atoms with Crippen molar-refractivity contribution in [3.05, 3.63) is 65.0 Å². The van der Waals surface area contributed by atoms with Gasteiger partial charge >= 0.3 is 5.97 Å². The molecule has 8 nitrogen and oxygen atoms in total. The maximum Gasteiger partial charge on any atom is 0.321 e. The third kappa shape index (κ3) is 5.07. The number of carbonyl (C=O) groups is 1. The number of aromatic nitrogens is 2. The normalized spacial score (nSPS) is 11.4. The summed E-state index contributed by atoms with van der Waals surface area (Å²) < 4.78 is 36.9. The minimum atomic E-state index is -3.82. The smallest absolute Gasteiger partial charge is 0.321 e. The molecule has 9 heteroatoms. The third-order valence-corrected chi connectivity index (χ3v) is 5.80. The molecule has 152 valence electrons. The summed E-state index contributed by atoms with van der Waals surface area (Å²) in [6.07, 6.45) is 0.